The second-order valence-electron chi connectivity index (χ2n) is 4.03. The van der Waals surface area contributed by atoms with Crippen molar-refractivity contribution in [3.8, 4) is 11.5 Å². The Morgan fingerprint density at radius 1 is 1.20 bits per heavy atom. The highest BCUT2D eigenvalue weighted by Gasteiger charge is 2.29. The van der Waals surface area contributed by atoms with Crippen molar-refractivity contribution in [3.05, 3.63) is 35.7 Å². The van der Waals surface area contributed by atoms with Crippen LogP contribution in [0.15, 0.2) is 28.7 Å². The van der Waals surface area contributed by atoms with Crippen molar-refractivity contribution in [1.82, 2.24) is 10.2 Å². The predicted molar refractivity (Wildman–Crippen MR) is 56.4 cm³/mol. The summed E-state index contributed by atoms with van der Waals surface area (Å²) in [6.07, 6.45) is 2.38. The summed E-state index contributed by atoms with van der Waals surface area (Å²) in [5.74, 6) is 1.97. The van der Waals surface area contributed by atoms with Gasteiger partial charge in [-0.1, -0.05) is 18.2 Å². The molecule has 0 amide bonds. The molecular formula is C12H12N2O. The fourth-order valence-electron chi connectivity index (χ4n) is 1.65. The summed E-state index contributed by atoms with van der Waals surface area (Å²) in [7, 11) is 0. The number of rotatable bonds is 2. The first-order valence-corrected chi connectivity index (χ1v) is 5.24. The molecule has 3 rings (SSSR count). The lowest BCUT2D eigenvalue weighted by Gasteiger charge is -1.98. The van der Waals surface area contributed by atoms with Crippen LogP contribution in [-0.4, -0.2) is 10.2 Å². The lowest BCUT2D eigenvalue weighted by Crippen LogP contribution is -1.81. The molecule has 0 N–H and O–H groups in total. The molecular weight excluding hydrogens is 188 g/mol. The minimum absolute atomic E-state index is 0.523. The third kappa shape index (κ3) is 1.54. The second kappa shape index (κ2) is 3.19. The first kappa shape index (κ1) is 8.65. The third-order valence-electron chi connectivity index (χ3n) is 2.74. The number of aryl methyl sites for hydroxylation is 1. The maximum atomic E-state index is 5.65. The number of aromatic nitrogens is 2. The van der Waals surface area contributed by atoms with Crippen molar-refractivity contribution in [2.45, 2.75) is 25.7 Å². The Hall–Kier alpha value is -1.64. The van der Waals surface area contributed by atoms with Gasteiger partial charge in [-0.05, 0) is 31.4 Å². The van der Waals surface area contributed by atoms with Gasteiger partial charge in [-0.25, -0.2) is 0 Å². The van der Waals surface area contributed by atoms with Crippen LogP contribution < -0.4 is 0 Å². The van der Waals surface area contributed by atoms with E-state index in [1.165, 1.54) is 18.4 Å². The standard InChI is InChI=1S/C12H12N2O/c1-8-4-2-3-5-10(8)12-14-13-11(15-12)9-6-7-9/h2-5,9H,6-7H2,1H3. The van der Waals surface area contributed by atoms with Crippen molar-refractivity contribution in [2.24, 2.45) is 0 Å². The van der Waals surface area contributed by atoms with Gasteiger partial charge in [0.1, 0.15) is 0 Å². The first-order valence-electron chi connectivity index (χ1n) is 5.24. The number of nitrogens with zero attached hydrogens (tertiary/aromatic N) is 2. The van der Waals surface area contributed by atoms with Crippen molar-refractivity contribution >= 4 is 0 Å². The van der Waals surface area contributed by atoms with Crippen LogP contribution in [0.2, 0.25) is 0 Å². The summed E-state index contributed by atoms with van der Waals surface area (Å²) < 4.78 is 5.65. The van der Waals surface area contributed by atoms with Crippen molar-refractivity contribution in [3.63, 3.8) is 0 Å². The van der Waals surface area contributed by atoms with E-state index in [0.29, 0.717) is 11.8 Å². The third-order valence-corrected chi connectivity index (χ3v) is 2.74. The van der Waals surface area contributed by atoms with Crippen LogP contribution in [-0.2, 0) is 0 Å². The Kier molecular flexibility index (Phi) is 1.84. The molecule has 76 valence electrons. The Bertz CT molecular complexity index is 486. The van der Waals surface area contributed by atoms with Crippen LogP contribution in [0.5, 0.6) is 0 Å². The van der Waals surface area contributed by atoms with E-state index in [1.54, 1.807) is 0 Å². The number of benzene rings is 1. The second-order valence-corrected chi connectivity index (χ2v) is 4.03. The Morgan fingerprint density at radius 2 is 2.00 bits per heavy atom. The van der Waals surface area contributed by atoms with E-state index in [-0.39, 0.29) is 0 Å². The molecule has 1 aliphatic rings. The maximum Gasteiger partial charge on any atom is 0.248 e. The highest BCUT2D eigenvalue weighted by Crippen LogP contribution is 2.40. The average Bonchev–Trinajstić information content (AvgIpc) is 2.99. The molecule has 0 spiro atoms. The zero-order chi connectivity index (χ0) is 10.3. The summed E-state index contributed by atoms with van der Waals surface area (Å²) in [4.78, 5) is 0. The van der Waals surface area contributed by atoms with Crippen LogP contribution in [0.3, 0.4) is 0 Å². The Labute approximate surface area is 88.1 Å². The molecule has 0 saturated heterocycles. The molecule has 1 heterocycles. The molecule has 2 aromatic rings. The molecule has 1 aliphatic carbocycles. The largest absolute Gasteiger partial charge is 0.420 e. The SMILES string of the molecule is Cc1ccccc1-c1nnc(C2CC2)o1. The Morgan fingerprint density at radius 3 is 2.73 bits per heavy atom. The monoisotopic (exact) mass is 200 g/mol. The molecule has 1 aromatic carbocycles. The van der Waals surface area contributed by atoms with Crippen LogP contribution >= 0.6 is 0 Å². The van der Waals surface area contributed by atoms with E-state index in [1.807, 2.05) is 18.2 Å². The van der Waals surface area contributed by atoms with Gasteiger partial charge in [0.15, 0.2) is 0 Å². The van der Waals surface area contributed by atoms with E-state index in [0.717, 1.165) is 11.5 Å². The zero-order valence-corrected chi connectivity index (χ0v) is 8.60. The van der Waals surface area contributed by atoms with Crippen LogP contribution in [0.1, 0.15) is 30.2 Å². The number of hydrogen-bond donors (Lipinski definition) is 0. The Balaban J connectivity index is 2.01. The smallest absolute Gasteiger partial charge is 0.248 e. The summed E-state index contributed by atoms with van der Waals surface area (Å²) in [6, 6.07) is 8.07. The van der Waals surface area contributed by atoms with E-state index in [4.69, 9.17) is 4.42 Å². The molecule has 15 heavy (non-hydrogen) atoms. The van der Waals surface area contributed by atoms with Gasteiger partial charge in [0.25, 0.3) is 0 Å². The van der Waals surface area contributed by atoms with E-state index >= 15 is 0 Å². The predicted octanol–water partition coefficient (Wildman–Crippen LogP) is 2.92. The van der Waals surface area contributed by atoms with Crippen LogP contribution in [0, 0.1) is 6.92 Å². The van der Waals surface area contributed by atoms with E-state index in [9.17, 15) is 0 Å². The zero-order valence-electron chi connectivity index (χ0n) is 8.60. The quantitative estimate of drug-likeness (QED) is 0.748. The highest BCUT2D eigenvalue weighted by atomic mass is 16.4. The van der Waals surface area contributed by atoms with Gasteiger partial charge in [-0.3, -0.25) is 0 Å². The van der Waals surface area contributed by atoms with E-state index in [2.05, 4.69) is 23.2 Å². The van der Waals surface area contributed by atoms with Gasteiger partial charge in [-0.15, -0.1) is 10.2 Å². The fourth-order valence-corrected chi connectivity index (χ4v) is 1.65. The minimum Gasteiger partial charge on any atom is -0.420 e. The molecule has 1 saturated carbocycles. The van der Waals surface area contributed by atoms with Crippen molar-refractivity contribution in [2.75, 3.05) is 0 Å². The molecule has 0 bridgehead atoms. The van der Waals surface area contributed by atoms with Gasteiger partial charge in [-0.2, -0.15) is 0 Å². The maximum absolute atomic E-state index is 5.65. The molecule has 1 aromatic heterocycles. The summed E-state index contributed by atoms with van der Waals surface area (Å²) in [6.45, 7) is 2.05. The van der Waals surface area contributed by atoms with E-state index < -0.39 is 0 Å². The lowest BCUT2D eigenvalue weighted by molar-refractivity contribution is 0.508. The van der Waals surface area contributed by atoms with Crippen LogP contribution in [0.25, 0.3) is 11.5 Å². The van der Waals surface area contributed by atoms with Gasteiger partial charge in [0.05, 0.1) is 0 Å². The molecule has 1 fully saturated rings. The lowest BCUT2D eigenvalue weighted by atomic mass is 10.1. The van der Waals surface area contributed by atoms with Gasteiger partial charge >= 0.3 is 0 Å². The minimum atomic E-state index is 0.523. The first-order chi connectivity index (χ1) is 7.34. The fraction of sp³-hybridized carbons (Fsp3) is 0.333. The average molecular weight is 200 g/mol. The van der Waals surface area contributed by atoms with Crippen molar-refractivity contribution in [1.29, 1.82) is 0 Å². The molecule has 0 radical (unpaired) electrons. The summed E-state index contributed by atoms with van der Waals surface area (Å²) in [5, 5.41) is 8.17. The highest BCUT2D eigenvalue weighted by molar-refractivity contribution is 5.57. The normalized spacial score (nSPS) is 15.5. The molecule has 0 atom stereocenters. The van der Waals surface area contributed by atoms with Gasteiger partial charge < -0.3 is 4.42 Å². The molecule has 3 nitrogen and oxygen atoms in total. The molecule has 0 unspecified atom stereocenters. The summed E-state index contributed by atoms with van der Waals surface area (Å²) in [5.41, 5.74) is 2.21. The van der Waals surface area contributed by atoms with Gasteiger partial charge in [0, 0.05) is 11.5 Å². The van der Waals surface area contributed by atoms with Crippen LogP contribution in [0.4, 0.5) is 0 Å². The van der Waals surface area contributed by atoms with Gasteiger partial charge in [0.2, 0.25) is 11.8 Å². The molecule has 0 aliphatic heterocycles. The summed E-state index contributed by atoms with van der Waals surface area (Å²) >= 11 is 0. The topological polar surface area (TPSA) is 38.9 Å². The number of hydrogen-bond acceptors (Lipinski definition) is 3. The molecule has 3 heteroatoms. The van der Waals surface area contributed by atoms with Crippen molar-refractivity contribution < 1.29 is 4.42 Å².